The van der Waals surface area contributed by atoms with Gasteiger partial charge in [-0.25, -0.2) is 10.9 Å². The van der Waals surface area contributed by atoms with E-state index in [2.05, 4.69) is 16.2 Å². The van der Waals surface area contributed by atoms with Crippen molar-refractivity contribution < 1.29 is 14.5 Å². The smallest absolute Gasteiger partial charge is 0.254 e. The van der Waals surface area contributed by atoms with E-state index >= 15 is 0 Å². The van der Waals surface area contributed by atoms with E-state index in [0.29, 0.717) is 12.5 Å². The number of para-hydroxylation sites is 1. The fourth-order valence-corrected chi connectivity index (χ4v) is 2.78. The molecule has 3 unspecified atom stereocenters. The van der Waals surface area contributed by atoms with E-state index in [1.807, 2.05) is 24.3 Å². The third-order valence-electron chi connectivity index (χ3n) is 4.44. The summed E-state index contributed by atoms with van der Waals surface area (Å²) in [4.78, 5) is 23.0. The minimum Gasteiger partial charge on any atom is -0.493 e. The average molecular weight is 334 g/mol. The molecule has 0 bridgehead atoms. The third-order valence-corrected chi connectivity index (χ3v) is 4.44. The predicted molar refractivity (Wildman–Crippen MR) is 86.8 cm³/mol. The summed E-state index contributed by atoms with van der Waals surface area (Å²) in [5, 5.41) is 13.9. The van der Waals surface area contributed by atoms with E-state index < -0.39 is 29.0 Å². The van der Waals surface area contributed by atoms with Crippen molar-refractivity contribution >= 4 is 5.91 Å². The molecule has 1 saturated carbocycles. The van der Waals surface area contributed by atoms with Crippen molar-refractivity contribution in [1.29, 1.82) is 0 Å². The first-order chi connectivity index (χ1) is 11.6. The van der Waals surface area contributed by atoms with E-state index in [9.17, 15) is 14.9 Å². The van der Waals surface area contributed by atoms with Gasteiger partial charge in [0.1, 0.15) is 5.75 Å². The highest BCUT2D eigenvalue weighted by atomic mass is 16.6. The summed E-state index contributed by atoms with van der Waals surface area (Å²) in [6, 6.07) is 5.23. The normalized spacial score (nSPS) is 26.1. The summed E-state index contributed by atoms with van der Waals surface area (Å²) in [5.74, 6) is 0.996. The van der Waals surface area contributed by atoms with E-state index in [0.717, 1.165) is 11.3 Å². The molecular formula is C16H22N4O4. The molecule has 3 atom stereocenters. The highest BCUT2D eigenvalue weighted by Gasteiger charge is 2.46. The Hall–Kier alpha value is -2.19. The molecule has 3 rings (SSSR count). The van der Waals surface area contributed by atoms with Crippen molar-refractivity contribution in [2.24, 2.45) is 5.92 Å². The first kappa shape index (κ1) is 16.7. The maximum Gasteiger partial charge on any atom is 0.254 e. The largest absolute Gasteiger partial charge is 0.493 e. The second-order valence-corrected chi connectivity index (χ2v) is 6.41. The Morgan fingerprint density at radius 2 is 2.12 bits per heavy atom. The van der Waals surface area contributed by atoms with E-state index in [4.69, 9.17) is 4.74 Å². The fraction of sp³-hybridized carbons (Fsp3) is 0.562. The molecule has 1 heterocycles. The molecule has 24 heavy (non-hydrogen) atoms. The quantitative estimate of drug-likeness (QED) is 0.498. The summed E-state index contributed by atoms with van der Waals surface area (Å²) in [5.41, 5.74) is 6.32. The van der Waals surface area contributed by atoms with Gasteiger partial charge in [0.25, 0.3) is 6.04 Å². The number of hydrogen-bond donors (Lipinski definition) is 3. The zero-order valence-corrected chi connectivity index (χ0v) is 13.5. The highest BCUT2D eigenvalue weighted by Crippen LogP contribution is 2.30. The maximum absolute atomic E-state index is 12.3. The van der Waals surface area contributed by atoms with E-state index in [-0.39, 0.29) is 6.54 Å². The molecule has 8 nitrogen and oxygen atoms in total. The van der Waals surface area contributed by atoms with Crippen LogP contribution in [0.3, 0.4) is 0 Å². The van der Waals surface area contributed by atoms with Crippen LogP contribution in [0.25, 0.3) is 0 Å². The molecular weight excluding hydrogens is 312 g/mol. The number of nitrogens with one attached hydrogen (secondary N) is 3. The molecule has 2 aliphatic rings. The second-order valence-electron chi connectivity index (χ2n) is 6.41. The first-order valence-corrected chi connectivity index (χ1v) is 8.19. The number of rotatable bonds is 7. The minimum absolute atomic E-state index is 0.274. The molecule has 1 aliphatic heterocycles. The maximum atomic E-state index is 12.3. The molecule has 1 aromatic carbocycles. The van der Waals surface area contributed by atoms with Gasteiger partial charge in [-0.3, -0.25) is 14.9 Å². The number of hydrogen-bond acceptors (Lipinski definition) is 6. The number of ether oxygens (including phenoxy) is 1. The van der Waals surface area contributed by atoms with Crippen LogP contribution in [-0.2, 0) is 11.3 Å². The van der Waals surface area contributed by atoms with Crippen molar-refractivity contribution in [3.63, 3.8) is 0 Å². The van der Waals surface area contributed by atoms with Crippen LogP contribution >= 0.6 is 0 Å². The Balaban J connectivity index is 1.58. The Bertz CT molecular complexity index is 620. The SMILES string of the molecule is CC1NNC(C(=O)NCc2ccccc2OCC2CC2)C1[N+](=O)[O-]. The summed E-state index contributed by atoms with van der Waals surface area (Å²) in [7, 11) is 0. The van der Waals surface area contributed by atoms with Crippen molar-refractivity contribution in [3.8, 4) is 5.75 Å². The lowest BCUT2D eigenvalue weighted by molar-refractivity contribution is -0.523. The summed E-state index contributed by atoms with van der Waals surface area (Å²) in [6.45, 7) is 2.64. The van der Waals surface area contributed by atoms with Gasteiger partial charge in [-0.05, 0) is 31.7 Å². The molecule has 1 aliphatic carbocycles. The fourth-order valence-electron chi connectivity index (χ4n) is 2.78. The second kappa shape index (κ2) is 7.14. The zero-order chi connectivity index (χ0) is 17.1. The van der Waals surface area contributed by atoms with Gasteiger partial charge in [-0.15, -0.1) is 0 Å². The zero-order valence-electron chi connectivity index (χ0n) is 13.5. The molecule has 1 amide bonds. The van der Waals surface area contributed by atoms with Crippen LogP contribution in [0, 0.1) is 16.0 Å². The molecule has 2 fully saturated rings. The van der Waals surface area contributed by atoms with Crippen molar-refractivity contribution in [2.75, 3.05) is 6.61 Å². The van der Waals surface area contributed by atoms with Gasteiger partial charge < -0.3 is 10.1 Å². The molecule has 3 N–H and O–H groups in total. The molecule has 8 heteroatoms. The van der Waals surface area contributed by atoms with E-state index in [1.165, 1.54) is 12.8 Å². The highest BCUT2D eigenvalue weighted by molar-refractivity contribution is 5.82. The Labute approximate surface area is 140 Å². The minimum atomic E-state index is -0.994. The van der Waals surface area contributed by atoms with Gasteiger partial charge in [0.15, 0.2) is 6.04 Å². The Kier molecular flexibility index (Phi) is 4.96. The lowest BCUT2D eigenvalue weighted by Crippen LogP contribution is -2.49. The van der Waals surface area contributed by atoms with Gasteiger partial charge in [0.05, 0.1) is 12.6 Å². The van der Waals surface area contributed by atoms with Crippen molar-refractivity contribution in [3.05, 3.63) is 39.9 Å². The number of hydrazine groups is 1. The Morgan fingerprint density at radius 1 is 1.38 bits per heavy atom. The van der Waals surface area contributed by atoms with Gasteiger partial charge in [-0.2, -0.15) is 0 Å². The standard InChI is InChI=1S/C16H22N4O4/c1-10-15(20(22)23)14(19-18-10)16(21)17-8-12-4-2-3-5-13(12)24-9-11-6-7-11/h2-5,10-11,14-15,18-19H,6-9H2,1H3,(H,17,21). The van der Waals surface area contributed by atoms with Crippen LogP contribution in [0.15, 0.2) is 24.3 Å². The van der Waals surface area contributed by atoms with Crippen LogP contribution in [0.4, 0.5) is 0 Å². The van der Waals surface area contributed by atoms with Gasteiger partial charge in [0, 0.05) is 17.0 Å². The van der Waals surface area contributed by atoms with Crippen LogP contribution in [0.2, 0.25) is 0 Å². The average Bonchev–Trinajstić information content (AvgIpc) is 3.31. The molecule has 130 valence electrons. The molecule has 1 aromatic rings. The monoisotopic (exact) mass is 334 g/mol. The lowest BCUT2D eigenvalue weighted by atomic mass is 10.0. The molecule has 0 aromatic heterocycles. The van der Waals surface area contributed by atoms with E-state index in [1.54, 1.807) is 6.92 Å². The topological polar surface area (TPSA) is 106 Å². The van der Waals surface area contributed by atoms with Gasteiger partial charge in [-0.1, -0.05) is 18.2 Å². The van der Waals surface area contributed by atoms with Gasteiger partial charge >= 0.3 is 0 Å². The van der Waals surface area contributed by atoms with Crippen LogP contribution in [0.5, 0.6) is 5.75 Å². The lowest BCUT2D eigenvalue weighted by Gasteiger charge is -2.15. The molecule has 0 spiro atoms. The van der Waals surface area contributed by atoms with Gasteiger partial charge in [0.2, 0.25) is 5.91 Å². The number of amides is 1. The number of nitrogens with zero attached hydrogens (tertiary/aromatic N) is 1. The number of carbonyl (C=O) groups is 1. The first-order valence-electron chi connectivity index (χ1n) is 8.19. The number of nitro groups is 1. The van der Waals surface area contributed by atoms with Crippen molar-refractivity contribution in [1.82, 2.24) is 16.2 Å². The van der Waals surface area contributed by atoms with Crippen molar-refractivity contribution in [2.45, 2.75) is 44.4 Å². The third kappa shape index (κ3) is 3.82. The molecule has 1 saturated heterocycles. The van der Waals surface area contributed by atoms with Crippen LogP contribution < -0.4 is 20.9 Å². The summed E-state index contributed by atoms with van der Waals surface area (Å²) < 4.78 is 5.81. The summed E-state index contributed by atoms with van der Waals surface area (Å²) in [6.07, 6.45) is 2.42. The van der Waals surface area contributed by atoms with Crippen LogP contribution in [0.1, 0.15) is 25.3 Å². The number of benzene rings is 1. The number of carbonyl (C=O) groups excluding carboxylic acids is 1. The predicted octanol–water partition coefficient (Wildman–Crippen LogP) is 0.602. The molecule has 0 radical (unpaired) electrons. The van der Waals surface area contributed by atoms with Crippen LogP contribution in [-0.4, -0.2) is 35.6 Å². The Morgan fingerprint density at radius 3 is 2.83 bits per heavy atom. The summed E-state index contributed by atoms with van der Waals surface area (Å²) >= 11 is 0.